The molecule has 0 aliphatic rings. The Morgan fingerprint density at radius 3 is 2.76 bits per heavy atom. The molecular formula is C12H13Cl2NO2. The molecule has 0 fully saturated rings. The van der Waals surface area contributed by atoms with Gasteiger partial charge >= 0.3 is 0 Å². The van der Waals surface area contributed by atoms with Crippen molar-refractivity contribution in [2.24, 2.45) is 0 Å². The van der Waals surface area contributed by atoms with Crippen LogP contribution in [0.25, 0.3) is 11.0 Å². The lowest BCUT2D eigenvalue weighted by Crippen LogP contribution is -2.06. The summed E-state index contributed by atoms with van der Waals surface area (Å²) in [5, 5.41) is 5.08. The van der Waals surface area contributed by atoms with Crippen molar-refractivity contribution in [1.29, 1.82) is 0 Å². The van der Waals surface area contributed by atoms with E-state index in [0.29, 0.717) is 28.8 Å². The second kappa shape index (κ2) is 5.27. The predicted octanol–water partition coefficient (Wildman–Crippen LogP) is 3.61. The first-order chi connectivity index (χ1) is 8.17. The summed E-state index contributed by atoms with van der Waals surface area (Å²) in [7, 11) is 3.50. The van der Waals surface area contributed by atoms with Crippen LogP contribution in [0.15, 0.2) is 16.5 Å². The van der Waals surface area contributed by atoms with Crippen LogP contribution in [0.5, 0.6) is 0 Å². The Labute approximate surface area is 110 Å². The summed E-state index contributed by atoms with van der Waals surface area (Å²) in [5.74, 6) is 0.827. The molecule has 17 heavy (non-hydrogen) atoms. The van der Waals surface area contributed by atoms with Gasteiger partial charge in [-0.25, -0.2) is 0 Å². The summed E-state index contributed by atoms with van der Waals surface area (Å²) in [5.41, 5.74) is 1.67. The fraction of sp³-hybridized carbons (Fsp3) is 0.333. The van der Waals surface area contributed by atoms with Crippen LogP contribution in [0.4, 0.5) is 0 Å². The third-order valence-corrected chi connectivity index (χ3v) is 3.03. The van der Waals surface area contributed by atoms with E-state index in [0.717, 1.165) is 16.7 Å². The maximum Gasteiger partial charge on any atom is 0.137 e. The first-order valence-electron chi connectivity index (χ1n) is 5.20. The van der Waals surface area contributed by atoms with Crippen molar-refractivity contribution in [2.75, 3.05) is 14.2 Å². The van der Waals surface area contributed by atoms with E-state index in [2.05, 4.69) is 5.32 Å². The minimum Gasteiger partial charge on any atom is -0.459 e. The monoisotopic (exact) mass is 273 g/mol. The minimum atomic E-state index is 0.464. The number of benzene rings is 1. The molecule has 0 saturated heterocycles. The van der Waals surface area contributed by atoms with E-state index in [-0.39, 0.29) is 0 Å². The predicted molar refractivity (Wildman–Crippen MR) is 69.7 cm³/mol. The largest absolute Gasteiger partial charge is 0.459 e. The van der Waals surface area contributed by atoms with E-state index < -0.39 is 0 Å². The van der Waals surface area contributed by atoms with E-state index in [1.54, 1.807) is 19.2 Å². The Kier molecular flexibility index (Phi) is 3.94. The molecule has 0 amide bonds. The van der Waals surface area contributed by atoms with Gasteiger partial charge in [0.2, 0.25) is 0 Å². The highest BCUT2D eigenvalue weighted by Gasteiger charge is 2.16. The van der Waals surface area contributed by atoms with Crippen molar-refractivity contribution in [2.45, 2.75) is 13.2 Å². The van der Waals surface area contributed by atoms with Crippen molar-refractivity contribution >= 4 is 34.2 Å². The number of ether oxygens (including phenoxy) is 1. The average molecular weight is 274 g/mol. The molecule has 0 aliphatic carbocycles. The van der Waals surface area contributed by atoms with Gasteiger partial charge in [0, 0.05) is 29.1 Å². The van der Waals surface area contributed by atoms with Crippen molar-refractivity contribution in [3.63, 3.8) is 0 Å². The second-order valence-electron chi connectivity index (χ2n) is 3.73. The molecule has 0 aliphatic heterocycles. The zero-order chi connectivity index (χ0) is 12.4. The molecule has 1 aromatic heterocycles. The molecule has 2 aromatic rings. The molecule has 92 valence electrons. The van der Waals surface area contributed by atoms with Crippen LogP contribution in [-0.2, 0) is 17.9 Å². The Morgan fingerprint density at radius 1 is 1.35 bits per heavy atom. The minimum absolute atomic E-state index is 0.464. The molecule has 1 heterocycles. The molecule has 5 heteroatoms. The number of nitrogens with one attached hydrogen (secondary N) is 1. The lowest BCUT2D eigenvalue weighted by atomic mass is 10.1. The molecule has 1 aromatic carbocycles. The van der Waals surface area contributed by atoms with Gasteiger partial charge in [-0.2, -0.15) is 0 Å². The van der Waals surface area contributed by atoms with Gasteiger partial charge < -0.3 is 14.5 Å². The van der Waals surface area contributed by atoms with E-state index in [9.17, 15) is 0 Å². The van der Waals surface area contributed by atoms with Crippen LogP contribution in [-0.4, -0.2) is 14.2 Å². The highest BCUT2D eigenvalue weighted by molar-refractivity contribution is 6.38. The molecule has 0 bridgehead atoms. The fourth-order valence-corrected chi connectivity index (χ4v) is 2.45. The number of halogens is 2. The average Bonchev–Trinajstić information content (AvgIpc) is 2.58. The third-order valence-electron chi connectivity index (χ3n) is 2.52. The summed E-state index contributed by atoms with van der Waals surface area (Å²) < 4.78 is 10.9. The lowest BCUT2D eigenvalue weighted by Gasteiger charge is -2.02. The van der Waals surface area contributed by atoms with Gasteiger partial charge in [0.1, 0.15) is 11.3 Å². The number of rotatable bonds is 4. The second-order valence-corrected chi connectivity index (χ2v) is 4.57. The normalized spacial score (nSPS) is 11.3. The highest BCUT2D eigenvalue weighted by Crippen LogP contribution is 2.35. The molecular weight excluding hydrogens is 261 g/mol. The van der Waals surface area contributed by atoms with E-state index in [1.807, 2.05) is 7.05 Å². The number of fused-ring (bicyclic) bond motifs is 1. The smallest absolute Gasteiger partial charge is 0.137 e. The first-order valence-corrected chi connectivity index (χ1v) is 5.95. The standard InChI is InChI=1S/C12H13Cl2NO2/c1-15-5-11-8(6-16-2)12-9(14)3-7(13)4-10(12)17-11/h3-4,15H,5-6H2,1-2H3. The molecule has 1 N–H and O–H groups in total. The molecule has 0 unspecified atom stereocenters. The van der Waals surface area contributed by atoms with Crippen LogP contribution < -0.4 is 5.32 Å². The number of furan rings is 1. The highest BCUT2D eigenvalue weighted by atomic mass is 35.5. The first kappa shape index (κ1) is 12.7. The molecule has 0 radical (unpaired) electrons. The Bertz CT molecular complexity index is 537. The zero-order valence-corrected chi connectivity index (χ0v) is 11.2. The number of hydrogen-bond acceptors (Lipinski definition) is 3. The summed E-state index contributed by atoms with van der Waals surface area (Å²) in [6.07, 6.45) is 0. The van der Waals surface area contributed by atoms with Gasteiger partial charge in [0.15, 0.2) is 0 Å². The quantitative estimate of drug-likeness (QED) is 0.924. The van der Waals surface area contributed by atoms with Crippen LogP contribution in [0.2, 0.25) is 10.0 Å². The maximum absolute atomic E-state index is 6.20. The van der Waals surface area contributed by atoms with Gasteiger partial charge in [-0.15, -0.1) is 0 Å². The SMILES string of the molecule is CNCc1oc2cc(Cl)cc(Cl)c2c1COC. The zero-order valence-electron chi connectivity index (χ0n) is 9.64. The maximum atomic E-state index is 6.20. The molecule has 0 saturated carbocycles. The van der Waals surface area contributed by atoms with E-state index in [4.69, 9.17) is 32.4 Å². The number of methoxy groups -OCH3 is 1. The Morgan fingerprint density at radius 2 is 2.12 bits per heavy atom. The van der Waals surface area contributed by atoms with Crippen LogP contribution in [0, 0.1) is 0 Å². The third kappa shape index (κ3) is 2.43. The van der Waals surface area contributed by atoms with E-state index >= 15 is 0 Å². The molecule has 0 atom stereocenters. The summed E-state index contributed by atoms with van der Waals surface area (Å²) in [4.78, 5) is 0. The molecule has 0 spiro atoms. The molecule has 3 nitrogen and oxygen atoms in total. The lowest BCUT2D eigenvalue weighted by molar-refractivity contribution is 0.183. The van der Waals surface area contributed by atoms with Gasteiger partial charge in [0.05, 0.1) is 18.2 Å². The van der Waals surface area contributed by atoms with Crippen molar-refractivity contribution < 1.29 is 9.15 Å². The van der Waals surface area contributed by atoms with Gasteiger partial charge in [0.25, 0.3) is 0 Å². The fourth-order valence-electron chi connectivity index (χ4n) is 1.86. The van der Waals surface area contributed by atoms with Gasteiger partial charge in [-0.05, 0) is 13.1 Å². The molecule has 2 rings (SSSR count). The topological polar surface area (TPSA) is 34.4 Å². The summed E-state index contributed by atoms with van der Waals surface area (Å²) in [6.45, 7) is 1.09. The summed E-state index contributed by atoms with van der Waals surface area (Å²) in [6, 6.07) is 3.48. The Balaban J connectivity index is 2.66. The van der Waals surface area contributed by atoms with Crippen LogP contribution in [0.3, 0.4) is 0 Å². The Hall–Kier alpha value is -0.740. The van der Waals surface area contributed by atoms with Gasteiger partial charge in [-0.3, -0.25) is 0 Å². The number of hydrogen-bond donors (Lipinski definition) is 1. The van der Waals surface area contributed by atoms with Crippen molar-refractivity contribution in [3.05, 3.63) is 33.5 Å². The van der Waals surface area contributed by atoms with Crippen molar-refractivity contribution in [1.82, 2.24) is 5.32 Å². The van der Waals surface area contributed by atoms with Crippen LogP contribution >= 0.6 is 23.2 Å². The summed E-state index contributed by atoms with van der Waals surface area (Å²) >= 11 is 12.1. The van der Waals surface area contributed by atoms with Crippen LogP contribution in [0.1, 0.15) is 11.3 Å². The van der Waals surface area contributed by atoms with Crippen molar-refractivity contribution in [3.8, 4) is 0 Å². The van der Waals surface area contributed by atoms with E-state index in [1.165, 1.54) is 0 Å². The van der Waals surface area contributed by atoms with Gasteiger partial charge in [-0.1, -0.05) is 23.2 Å².